The fourth-order valence-electron chi connectivity index (χ4n) is 1.53. The van der Waals surface area contributed by atoms with Gasteiger partial charge in [-0.1, -0.05) is 0 Å². The van der Waals surface area contributed by atoms with Gasteiger partial charge in [0, 0.05) is 38.6 Å². The summed E-state index contributed by atoms with van der Waals surface area (Å²) in [6.45, 7) is 2.08. The van der Waals surface area contributed by atoms with E-state index in [0.717, 1.165) is 6.54 Å². The van der Waals surface area contributed by atoms with Crippen molar-refractivity contribution < 1.29 is 4.39 Å². The van der Waals surface area contributed by atoms with Crippen LogP contribution in [0.15, 0.2) is 18.3 Å². The van der Waals surface area contributed by atoms with Crippen molar-refractivity contribution in [3.8, 4) is 0 Å². The highest BCUT2D eigenvalue weighted by Gasteiger charge is 2.26. The van der Waals surface area contributed by atoms with E-state index < -0.39 is 6.17 Å². The summed E-state index contributed by atoms with van der Waals surface area (Å²) in [7, 11) is 2.02. The molecule has 1 fully saturated rings. The van der Waals surface area contributed by atoms with Gasteiger partial charge in [0.05, 0.1) is 0 Å². The van der Waals surface area contributed by atoms with Crippen LogP contribution in [0.3, 0.4) is 0 Å². The predicted octanol–water partition coefficient (Wildman–Crippen LogP) is 1.18. The third kappa shape index (κ3) is 1.37. The van der Waals surface area contributed by atoms with Crippen LogP contribution in [-0.4, -0.2) is 28.7 Å². The third-order valence-corrected chi connectivity index (χ3v) is 2.35. The lowest BCUT2D eigenvalue weighted by atomic mass is 10.2. The molecule has 0 bridgehead atoms. The molecular formula is C9H13FN2. The van der Waals surface area contributed by atoms with Gasteiger partial charge >= 0.3 is 0 Å². The molecule has 0 aliphatic carbocycles. The Morgan fingerprint density at radius 1 is 1.58 bits per heavy atom. The number of alkyl halides is 1. The highest BCUT2D eigenvalue weighted by molar-refractivity contribution is 5.07. The van der Waals surface area contributed by atoms with Gasteiger partial charge in [-0.05, 0) is 12.1 Å². The number of nitrogens with zero attached hydrogens (tertiary/aromatic N) is 2. The Balaban J connectivity index is 1.92. The molecule has 0 amide bonds. The molecule has 1 aliphatic rings. The molecule has 3 heteroatoms. The highest BCUT2D eigenvalue weighted by atomic mass is 19.1. The SMILES string of the molecule is Cn1cccc1CN1CC(F)C1. The van der Waals surface area contributed by atoms with E-state index in [-0.39, 0.29) is 0 Å². The second-order valence-corrected chi connectivity index (χ2v) is 3.40. The van der Waals surface area contributed by atoms with Gasteiger partial charge in [0.2, 0.25) is 0 Å². The Bertz CT molecular complexity index is 263. The molecule has 0 saturated carbocycles. The average molecular weight is 168 g/mol. The molecule has 0 spiro atoms. The zero-order valence-electron chi connectivity index (χ0n) is 7.20. The van der Waals surface area contributed by atoms with E-state index in [1.807, 2.05) is 19.3 Å². The van der Waals surface area contributed by atoms with Crippen molar-refractivity contribution in [2.75, 3.05) is 13.1 Å². The molecule has 1 aliphatic heterocycles. The van der Waals surface area contributed by atoms with Gasteiger partial charge in [-0.3, -0.25) is 4.90 Å². The molecule has 0 N–H and O–H groups in total. The lowest BCUT2D eigenvalue weighted by Crippen LogP contribution is -2.47. The van der Waals surface area contributed by atoms with Crippen molar-refractivity contribution in [1.29, 1.82) is 0 Å². The lowest BCUT2D eigenvalue weighted by molar-refractivity contribution is 0.0573. The quantitative estimate of drug-likeness (QED) is 0.643. The smallest absolute Gasteiger partial charge is 0.125 e. The Hall–Kier alpha value is -0.830. The van der Waals surface area contributed by atoms with Crippen LogP contribution in [0.1, 0.15) is 5.69 Å². The number of hydrogen-bond donors (Lipinski definition) is 0. The van der Waals surface area contributed by atoms with E-state index in [9.17, 15) is 4.39 Å². The number of halogens is 1. The lowest BCUT2D eigenvalue weighted by Gasteiger charge is -2.34. The number of rotatable bonds is 2. The predicted molar refractivity (Wildman–Crippen MR) is 45.6 cm³/mol. The largest absolute Gasteiger partial charge is 0.353 e. The molecule has 0 radical (unpaired) electrons. The van der Waals surface area contributed by atoms with Gasteiger partial charge in [-0.25, -0.2) is 4.39 Å². The van der Waals surface area contributed by atoms with Crippen LogP contribution in [0.5, 0.6) is 0 Å². The molecule has 2 rings (SSSR count). The standard InChI is InChI=1S/C9H13FN2/c1-11-4-2-3-9(11)7-12-5-8(10)6-12/h2-4,8H,5-7H2,1H3. The van der Waals surface area contributed by atoms with Crippen LogP contribution in [-0.2, 0) is 13.6 Å². The molecule has 1 aromatic rings. The fourth-order valence-corrected chi connectivity index (χ4v) is 1.53. The summed E-state index contributed by atoms with van der Waals surface area (Å²) in [5, 5.41) is 0. The van der Waals surface area contributed by atoms with E-state index in [2.05, 4.69) is 15.5 Å². The third-order valence-electron chi connectivity index (χ3n) is 2.35. The molecule has 1 saturated heterocycles. The minimum atomic E-state index is -0.592. The van der Waals surface area contributed by atoms with Gasteiger partial charge in [0.15, 0.2) is 0 Å². The van der Waals surface area contributed by atoms with Crippen LogP contribution in [0.2, 0.25) is 0 Å². The first-order valence-electron chi connectivity index (χ1n) is 4.22. The normalized spacial score (nSPS) is 19.5. The Labute approximate surface area is 71.6 Å². The van der Waals surface area contributed by atoms with Gasteiger partial charge < -0.3 is 4.57 Å². The summed E-state index contributed by atoms with van der Waals surface area (Å²) in [4.78, 5) is 2.11. The topological polar surface area (TPSA) is 8.17 Å². The Kier molecular flexibility index (Phi) is 1.89. The molecule has 2 heterocycles. The molecule has 12 heavy (non-hydrogen) atoms. The molecule has 0 atom stereocenters. The summed E-state index contributed by atoms with van der Waals surface area (Å²) in [5.74, 6) is 0. The number of aromatic nitrogens is 1. The summed E-state index contributed by atoms with van der Waals surface area (Å²) in [6, 6.07) is 4.09. The van der Waals surface area contributed by atoms with Crippen molar-refractivity contribution in [3.05, 3.63) is 24.0 Å². The summed E-state index contributed by atoms with van der Waals surface area (Å²) in [5.41, 5.74) is 1.25. The van der Waals surface area contributed by atoms with E-state index in [0.29, 0.717) is 13.1 Å². The maximum atomic E-state index is 12.4. The number of likely N-dealkylation sites (tertiary alicyclic amines) is 1. The summed E-state index contributed by atoms with van der Waals surface area (Å²) in [6.07, 6.45) is 1.42. The van der Waals surface area contributed by atoms with Gasteiger partial charge in [0.1, 0.15) is 6.17 Å². The molecule has 0 unspecified atom stereocenters. The first-order chi connectivity index (χ1) is 5.75. The van der Waals surface area contributed by atoms with Crippen molar-refractivity contribution in [2.24, 2.45) is 7.05 Å². The Morgan fingerprint density at radius 3 is 2.83 bits per heavy atom. The average Bonchev–Trinajstić information content (AvgIpc) is 2.33. The monoisotopic (exact) mass is 168 g/mol. The van der Waals surface area contributed by atoms with Crippen LogP contribution in [0, 0.1) is 0 Å². The molecule has 2 nitrogen and oxygen atoms in total. The van der Waals surface area contributed by atoms with Crippen molar-refractivity contribution in [3.63, 3.8) is 0 Å². The second kappa shape index (κ2) is 2.90. The number of aryl methyl sites for hydroxylation is 1. The molecule has 0 aromatic carbocycles. The maximum Gasteiger partial charge on any atom is 0.125 e. The van der Waals surface area contributed by atoms with Gasteiger partial charge in [0.25, 0.3) is 0 Å². The summed E-state index contributed by atoms with van der Waals surface area (Å²) >= 11 is 0. The van der Waals surface area contributed by atoms with Crippen LogP contribution < -0.4 is 0 Å². The van der Waals surface area contributed by atoms with Gasteiger partial charge in [-0.2, -0.15) is 0 Å². The molecule has 1 aromatic heterocycles. The zero-order valence-corrected chi connectivity index (χ0v) is 7.20. The van der Waals surface area contributed by atoms with Crippen LogP contribution in [0.4, 0.5) is 4.39 Å². The maximum absolute atomic E-state index is 12.4. The second-order valence-electron chi connectivity index (χ2n) is 3.40. The van der Waals surface area contributed by atoms with Crippen molar-refractivity contribution in [1.82, 2.24) is 9.47 Å². The first-order valence-corrected chi connectivity index (χ1v) is 4.22. The van der Waals surface area contributed by atoms with Gasteiger partial charge in [-0.15, -0.1) is 0 Å². The van der Waals surface area contributed by atoms with Crippen LogP contribution in [0.25, 0.3) is 0 Å². The zero-order chi connectivity index (χ0) is 8.55. The molecule has 66 valence electrons. The minimum absolute atomic E-state index is 0.592. The summed E-state index contributed by atoms with van der Waals surface area (Å²) < 4.78 is 14.5. The van der Waals surface area contributed by atoms with Crippen molar-refractivity contribution in [2.45, 2.75) is 12.7 Å². The van der Waals surface area contributed by atoms with Crippen LogP contribution >= 0.6 is 0 Å². The molecular weight excluding hydrogens is 155 g/mol. The first kappa shape index (κ1) is 7.80. The van der Waals surface area contributed by atoms with E-state index in [1.165, 1.54) is 5.69 Å². The minimum Gasteiger partial charge on any atom is -0.353 e. The fraction of sp³-hybridized carbons (Fsp3) is 0.556. The highest BCUT2D eigenvalue weighted by Crippen LogP contribution is 2.14. The van der Waals surface area contributed by atoms with E-state index in [4.69, 9.17) is 0 Å². The Morgan fingerprint density at radius 2 is 2.33 bits per heavy atom. The number of hydrogen-bond acceptors (Lipinski definition) is 1. The van der Waals surface area contributed by atoms with Crippen molar-refractivity contribution >= 4 is 0 Å². The van der Waals surface area contributed by atoms with E-state index >= 15 is 0 Å². The van der Waals surface area contributed by atoms with E-state index in [1.54, 1.807) is 0 Å².